The highest BCUT2D eigenvalue weighted by molar-refractivity contribution is 7.90. The summed E-state index contributed by atoms with van der Waals surface area (Å²) in [7, 11) is -3.99. The molecular weight excluding hydrogens is 478 g/mol. The quantitative estimate of drug-likeness (QED) is 0.449. The van der Waals surface area contributed by atoms with Crippen LogP contribution in [0.15, 0.2) is 29.4 Å². The van der Waals surface area contributed by atoms with Gasteiger partial charge in [0.25, 0.3) is 10.0 Å². The van der Waals surface area contributed by atoms with Gasteiger partial charge in [0, 0.05) is 17.5 Å². The number of imidazole rings is 1. The fourth-order valence-corrected chi connectivity index (χ4v) is 6.93. The maximum absolute atomic E-state index is 13.1. The molecule has 0 saturated heterocycles. The number of benzene rings is 1. The molecule has 2 aliphatic rings. The van der Waals surface area contributed by atoms with Crippen LogP contribution < -0.4 is 10.6 Å². The van der Waals surface area contributed by atoms with E-state index >= 15 is 0 Å². The second kappa shape index (κ2) is 8.80. The zero-order valence-corrected chi connectivity index (χ0v) is 22.7. The first-order valence-electron chi connectivity index (χ1n) is 12.2. The van der Waals surface area contributed by atoms with Crippen LogP contribution in [-0.4, -0.2) is 29.6 Å². The average molecular weight is 514 g/mol. The van der Waals surface area contributed by atoms with Gasteiger partial charge in [-0.2, -0.15) is 5.26 Å². The zero-order valence-electron chi connectivity index (χ0n) is 21.9. The van der Waals surface area contributed by atoms with E-state index in [2.05, 4.69) is 64.1 Å². The number of fused-ring (bicyclic) bond motifs is 2. The number of aromatic nitrogens is 2. The molecule has 0 radical (unpaired) electrons. The second-order valence-electron chi connectivity index (χ2n) is 12.2. The average Bonchev–Trinajstić information content (AvgIpc) is 3.17. The molecule has 9 nitrogen and oxygen atoms in total. The predicted octanol–water partition coefficient (Wildman–Crippen LogP) is 5.72. The van der Waals surface area contributed by atoms with E-state index in [0.717, 1.165) is 23.1 Å². The molecule has 1 saturated carbocycles. The Balaban J connectivity index is 1.59. The molecule has 1 aliphatic heterocycles. The minimum absolute atomic E-state index is 0.0152. The Bertz CT molecular complexity index is 1300. The highest BCUT2D eigenvalue weighted by Crippen LogP contribution is 2.49. The van der Waals surface area contributed by atoms with E-state index in [4.69, 9.17) is 4.74 Å². The van der Waals surface area contributed by atoms with Crippen LogP contribution in [-0.2, 0) is 14.8 Å². The number of hydrogen-bond acceptors (Lipinski definition) is 7. The van der Waals surface area contributed by atoms with Crippen molar-refractivity contribution in [1.29, 1.82) is 5.26 Å². The molecule has 36 heavy (non-hydrogen) atoms. The summed E-state index contributed by atoms with van der Waals surface area (Å²) < 4.78 is 33.4. The Morgan fingerprint density at radius 2 is 1.78 bits per heavy atom. The van der Waals surface area contributed by atoms with E-state index in [1.165, 1.54) is 6.07 Å². The van der Waals surface area contributed by atoms with Gasteiger partial charge in [-0.1, -0.05) is 48.5 Å². The van der Waals surface area contributed by atoms with Crippen molar-refractivity contribution in [2.75, 3.05) is 10.6 Å². The third kappa shape index (κ3) is 4.69. The van der Waals surface area contributed by atoms with Crippen molar-refractivity contribution in [2.24, 2.45) is 28.6 Å². The Morgan fingerprint density at radius 3 is 2.33 bits per heavy atom. The number of carbonyl (C=O) groups excluding carboxylic acids is 1. The summed E-state index contributed by atoms with van der Waals surface area (Å²) in [5.41, 5.74) is 0.509. The lowest BCUT2D eigenvalue weighted by Gasteiger charge is -2.50. The summed E-state index contributed by atoms with van der Waals surface area (Å²) in [6.45, 7) is 15.4. The zero-order chi connectivity index (χ0) is 26.6. The molecule has 0 spiro atoms. The van der Waals surface area contributed by atoms with Crippen molar-refractivity contribution in [3.05, 3.63) is 30.2 Å². The first-order chi connectivity index (χ1) is 16.6. The normalized spacial score (nSPS) is 25.1. The summed E-state index contributed by atoms with van der Waals surface area (Å²) in [5.74, 6) is 1.02. The standard InChI is InChI=1S/C26H35N5O4S/c1-15-10-17(25(2,3)4)22(18(11-15)26(5,6)7)35-24(32)29-16-8-9-19-21(12-16)36(33,34)31-14-28-20(13-27)23(31)30-19/h8-9,12,14-15,17-18,22,30H,10-11H2,1-7H3,(H,29,32). The number of anilines is 3. The lowest BCUT2D eigenvalue weighted by atomic mass is 9.59. The molecule has 2 aromatic rings. The predicted molar refractivity (Wildman–Crippen MR) is 137 cm³/mol. The smallest absolute Gasteiger partial charge is 0.411 e. The van der Waals surface area contributed by atoms with Gasteiger partial charge in [-0.15, -0.1) is 0 Å². The van der Waals surface area contributed by atoms with Crippen LogP contribution in [0.25, 0.3) is 0 Å². The van der Waals surface area contributed by atoms with E-state index in [1.807, 2.05) is 6.07 Å². The van der Waals surface area contributed by atoms with Gasteiger partial charge < -0.3 is 10.1 Å². The summed E-state index contributed by atoms with van der Waals surface area (Å²) in [4.78, 5) is 17.0. The van der Waals surface area contributed by atoms with Crippen molar-refractivity contribution >= 4 is 33.3 Å². The molecule has 2 unspecified atom stereocenters. The number of nitrogens with one attached hydrogen (secondary N) is 2. The minimum atomic E-state index is -3.99. The van der Waals surface area contributed by atoms with Crippen molar-refractivity contribution < 1.29 is 17.9 Å². The SMILES string of the molecule is CC1CC(C(C)(C)C)C(OC(=O)Nc2ccc3c(c2)S(=O)(=O)n2cnc(C#N)c2N3)C(C(C)(C)C)C1. The van der Waals surface area contributed by atoms with Gasteiger partial charge in [0.15, 0.2) is 11.5 Å². The van der Waals surface area contributed by atoms with E-state index in [1.54, 1.807) is 12.1 Å². The molecule has 10 heteroatoms. The van der Waals surface area contributed by atoms with Gasteiger partial charge >= 0.3 is 6.09 Å². The number of carbonyl (C=O) groups is 1. The molecule has 1 fully saturated rings. The number of hydrogen-bond donors (Lipinski definition) is 2. The summed E-state index contributed by atoms with van der Waals surface area (Å²) >= 11 is 0. The van der Waals surface area contributed by atoms with Gasteiger partial charge in [0.05, 0.1) is 5.69 Å². The summed E-state index contributed by atoms with van der Waals surface area (Å²) in [6, 6.07) is 6.42. The fraction of sp³-hybridized carbons (Fsp3) is 0.577. The molecule has 1 aromatic heterocycles. The van der Waals surface area contributed by atoms with Crippen LogP contribution in [0.2, 0.25) is 0 Å². The van der Waals surface area contributed by atoms with Crippen LogP contribution >= 0.6 is 0 Å². The van der Waals surface area contributed by atoms with Crippen molar-refractivity contribution in [1.82, 2.24) is 8.96 Å². The molecule has 2 atom stereocenters. The Morgan fingerprint density at radius 1 is 1.17 bits per heavy atom. The second-order valence-corrected chi connectivity index (χ2v) is 14.0. The van der Waals surface area contributed by atoms with Crippen molar-refractivity contribution in [3.63, 3.8) is 0 Å². The highest BCUT2D eigenvalue weighted by Gasteiger charge is 2.48. The van der Waals surface area contributed by atoms with Gasteiger partial charge in [0.1, 0.15) is 23.4 Å². The fourth-order valence-electron chi connectivity index (χ4n) is 5.50. The maximum atomic E-state index is 13.1. The number of nitrogens with zero attached hydrogens (tertiary/aromatic N) is 3. The van der Waals surface area contributed by atoms with E-state index < -0.39 is 16.1 Å². The lowest BCUT2D eigenvalue weighted by molar-refractivity contribution is -0.0830. The first-order valence-corrected chi connectivity index (χ1v) is 13.7. The number of rotatable bonds is 2. The lowest BCUT2D eigenvalue weighted by Crippen LogP contribution is -2.49. The third-order valence-corrected chi connectivity index (χ3v) is 9.12. The maximum Gasteiger partial charge on any atom is 0.411 e. The van der Waals surface area contributed by atoms with E-state index in [0.29, 0.717) is 17.3 Å². The monoisotopic (exact) mass is 513 g/mol. The molecule has 1 aliphatic carbocycles. The van der Waals surface area contributed by atoms with E-state index in [9.17, 15) is 18.5 Å². The third-order valence-electron chi connectivity index (χ3n) is 7.43. The highest BCUT2D eigenvalue weighted by atomic mass is 32.2. The van der Waals surface area contributed by atoms with Gasteiger partial charge in [-0.3, -0.25) is 5.32 Å². The van der Waals surface area contributed by atoms with E-state index in [-0.39, 0.29) is 45.2 Å². The minimum Gasteiger partial charge on any atom is -0.445 e. The molecule has 2 heterocycles. The van der Waals surface area contributed by atoms with Crippen molar-refractivity contribution in [2.45, 2.75) is 72.3 Å². The summed E-state index contributed by atoms with van der Waals surface area (Å²) in [5, 5.41) is 14.9. The van der Waals surface area contributed by atoms with Gasteiger partial charge in [-0.25, -0.2) is 22.2 Å². The number of amides is 1. The van der Waals surface area contributed by atoms with Gasteiger partial charge in [-0.05, 0) is 47.8 Å². The molecule has 1 amide bonds. The van der Waals surface area contributed by atoms with Crippen LogP contribution in [0.3, 0.4) is 0 Å². The summed E-state index contributed by atoms with van der Waals surface area (Å²) in [6.07, 6.45) is 2.19. The van der Waals surface area contributed by atoms with Crippen LogP contribution in [0.5, 0.6) is 0 Å². The van der Waals surface area contributed by atoms with Gasteiger partial charge in [0.2, 0.25) is 0 Å². The molecular formula is C26H35N5O4S. The molecule has 2 N–H and O–H groups in total. The molecule has 194 valence electrons. The Hall–Kier alpha value is -3.06. The van der Waals surface area contributed by atoms with Crippen LogP contribution in [0.4, 0.5) is 22.0 Å². The topological polar surface area (TPSA) is 126 Å². The number of ether oxygens (including phenoxy) is 1. The Kier molecular flexibility index (Phi) is 6.36. The molecule has 4 rings (SSSR count). The molecule has 0 bridgehead atoms. The number of nitriles is 1. The first kappa shape index (κ1) is 26.0. The largest absolute Gasteiger partial charge is 0.445 e. The molecule has 1 aromatic carbocycles. The van der Waals surface area contributed by atoms with Crippen molar-refractivity contribution in [3.8, 4) is 6.07 Å². The van der Waals surface area contributed by atoms with Crippen LogP contribution in [0, 0.1) is 39.9 Å². The Labute approximate surface area is 213 Å². The van der Waals surface area contributed by atoms with Crippen LogP contribution in [0.1, 0.15) is 67.0 Å².